The summed E-state index contributed by atoms with van der Waals surface area (Å²) < 4.78 is 12.6. The van der Waals surface area contributed by atoms with Gasteiger partial charge in [0.2, 0.25) is 5.91 Å². The molecule has 0 bridgehead atoms. The number of carbonyl (C=O) groups excluding carboxylic acids is 2. The summed E-state index contributed by atoms with van der Waals surface area (Å²) in [5.41, 5.74) is 0.723. The fourth-order valence-electron chi connectivity index (χ4n) is 1.24. The Morgan fingerprint density at radius 3 is 2.35 bits per heavy atom. The molecule has 1 rings (SSSR count). The van der Waals surface area contributed by atoms with Crippen LogP contribution in [0.15, 0.2) is 24.3 Å². The largest absolute Gasteiger partial charge is 0.349 e. The van der Waals surface area contributed by atoms with E-state index >= 15 is 0 Å². The average molecular weight is 237 g/mol. The zero-order chi connectivity index (χ0) is 12.8. The van der Waals surface area contributed by atoms with E-state index in [2.05, 4.69) is 5.32 Å². The zero-order valence-electron chi connectivity index (χ0n) is 10.00. The first-order chi connectivity index (χ1) is 7.99. The number of carbonyl (C=O) groups is 2. The van der Waals surface area contributed by atoms with Crippen LogP contribution in [0.4, 0.5) is 4.39 Å². The molecule has 1 amide bonds. The van der Waals surface area contributed by atoms with Crippen LogP contribution in [0.25, 0.3) is 0 Å². The van der Waals surface area contributed by atoms with Gasteiger partial charge in [-0.25, -0.2) is 4.39 Å². The van der Waals surface area contributed by atoms with Crippen LogP contribution >= 0.6 is 0 Å². The molecule has 0 aliphatic carbocycles. The van der Waals surface area contributed by atoms with Crippen LogP contribution in [0.5, 0.6) is 0 Å². The topological polar surface area (TPSA) is 46.2 Å². The smallest absolute Gasteiger partial charge is 0.224 e. The molecule has 4 heteroatoms. The van der Waals surface area contributed by atoms with Gasteiger partial charge in [0.05, 0.1) is 13.0 Å². The van der Waals surface area contributed by atoms with Gasteiger partial charge in [-0.15, -0.1) is 0 Å². The first kappa shape index (κ1) is 13.4. The van der Waals surface area contributed by atoms with E-state index in [-0.39, 0.29) is 36.4 Å². The standard InChI is InChI=1S/C13H16FNO2/c1-9(2)12(16)8-15-13(17)7-10-3-5-11(14)6-4-10/h3-6,9H,7-8H2,1-2H3,(H,15,17). The maximum absolute atomic E-state index is 12.6. The van der Waals surface area contributed by atoms with Crippen molar-refractivity contribution >= 4 is 11.7 Å². The molecule has 0 atom stereocenters. The molecule has 92 valence electrons. The van der Waals surface area contributed by atoms with Gasteiger partial charge in [-0.3, -0.25) is 9.59 Å². The number of hydrogen-bond acceptors (Lipinski definition) is 2. The molecule has 0 spiro atoms. The number of rotatable bonds is 5. The molecule has 1 aromatic carbocycles. The summed E-state index contributed by atoms with van der Waals surface area (Å²) in [7, 11) is 0. The summed E-state index contributed by atoms with van der Waals surface area (Å²) in [6.07, 6.45) is 0.158. The van der Waals surface area contributed by atoms with E-state index in [1.807, 2.05) is 0 Å². The molecule has 0 heterocycles. The highest BCUT2D eigenvalue weighted by molar-refractivity contribution is 5.87. The number of amides is 1. The van der Waals surface area contributed by atoms with Gasteiger partial charge in [-0.05, 0) is 17.7 Å². The molecule has 0 radical (unpaired) electrons. The van der Waals surface area contributed by atoms with Crippen molar-refractivity contribution in [1.82, 2.24) is 5.32 Å². The highest BCUT2D eigenvalue weighted by Gasteiger charge is 2.09. The molecule has 1 N–H and O–H groups in total. The van der Waals surface area contributed by atoms with Gasteiger partial charge < -0.3 is 5.32 Å². The predicted molar refractivity (Wildman–Crippen MR) is 63.0 cm³/mol. The molecule has 3 nitrogen and oxygen atoms in total. The van der Waals surface area contributed by atoms with Crippen molar-refractivity contribution in [3.63, 3.8) is 0 Å². The van der Waals surface area contributed by atoms with Gasteiger partial charge >= 0.3 is 0 Å². The highest BCUT2D eigenvalue weighted by atomic mass is 19.1. The van der Waals surface area contributed by atoms with Crippen molar-refractivity contribution in [2.24, 2.45) is 5.92 Å². The maximum Gasteiger partial charge on any atom is 0.224 e. The molecule has 0 aromatic heterocycles. The van der Waals surface area contributed by atoms with Gasteiger partial charge in [0.25, 0.3) is 0 Å². The van der Waals surface area contributed by atoms with E-state index < -0.39 is 0 Å². The normalized spacial score (nSPS) is 10.4. The molecule has 17 heavy (non-hydrogen) atoms. The summed E-state index contributed by atoms with van der Waals surface area (Å²) in [6.45, 7) is 3.63. The molecule has 0 saturated carbocycles. The van der Waals surface area contributed by atoms with Crippen LogP contribution in [0, 0.1) is 11.7 Å². The monoisotopic (exact) mass is 237 g/mol. The summed E-state index contributed by atoms with van der Waals surface area (Å²) in [5, 5.41) is 2.54. The van der Waals surface area contributed by atoms with Crippen LogP contribution in [0.2, 0.25) is 0 Å². The Labute approximate surface area is 100 Å². The Morgan fingerprint density at radius 2 is 1.82 bits per heavy atom. The molecule has 1 aromatic rings. The Morgan fingerprint density at radius 1 is 1.24 bits per heavy atom. The lowest BCUT2D eigenvalue weighted by molar-refractivity contribution is -0.126. The molecular formula is C13H16FNO2. The minimum atomic E-state index is -0.329. The minimum absolute atomic E-state index is 0.00236. The van der Waals surface area contributed by atoms with E-state index in [0.29, 0.717) is 0 Å². The predicted octanol–water partition coefficient (Wildman–Crippen LogP) is 1.71. The molecule has 0 aliphatic heterocycles. The van der Waals surface area contributed by atoms with Crippen molar-refractivity contribution in [3.8, 4) is 0 Å². The summed E-state index contributed by atoms with van der Waals surface area (Å²) in [4.78, 5) is 22.7. The van der Waals surface area contributed by atoms with Gasteiger partial charge in [0, 0.05) is 5.92 Å². The van der Waals surface area contributed by atoms with E-state index in [0.717, 1.165) is 5.56 Å². The van der Waals surface area contributed by atoms with Crippen molar-refractivity contribution in [1.29, 1.82) is 0 Å². The number of benzene rings is 1. The van der Waals surface area contributed by atoms with Gasteiger partial charge in [0.1, 0.15) is 5.82 Å². The molecular weight excluding hydrogens is 221 g/mol. The summed E-state index contributed by atoms with van der Waals surface area (Å²) in [6, 6.07) is 5.72. The number of hydrogen-bond donors (Lipinski definition) is 1. The lowest BCUT2D eigenvalue weighted by Crippen LogP contribution is -2.32. The second kappa shape index (κ2) is 6.13. The third-order valence-electron chi connectivity index (χ3n) is 2.38. The second-order valence-corrected chi connectivity index (χ2v) is 4.20. The van der Waals surface area contributed by atoms with E-state index in [1.165, 1.54) is 12.1 Å². The van der Waals surface area contributed by atoms with Crippen molar-refractivity contribution in [2.75, 3.05) is 6.54 Å². The van der Waals surface area contributed by atoms with Crippen LogP contribution in [0.3, 0.4) is 0 Å². The lowest BCUT2D eigenvalue weighted by atomic mass is 10.1. The van der Waals surface area contributed by atoms with Crippen LogP contribution in [-0.4, -0.2) is 18.2 Å². The quantitative estimate of drug-likeness (QED) is 0.847. The third-order valence-corrected chi connectivity index (χ3v) is 2.38. The molecule has 0 fully saturated rings. The number of Topliss-reactive ketones (excluding diaryl/α,β-unsaturated/α-hetero) is 1. The average Bonchev–Trinajstić information content (AvgIpc) is 2.29. The fraction of sp³-hybridized carbons (Fsp3) is 0.385. The first-order valence-electron chi connectivity index (χ1n) is 5.53. The highest BCUT2D eigenvalue weighted by Crippen LogP contribution is 2.03. The van der Waals surface area contributed by atoms with Crippen LogP contribution in [0.1, 0.15) is 19.4 Å². The molecule has 0 unspecified atom stereocenters. The van der Waals surface area contributed by atoms with Gasteiger partial charge in [0.15, 0.2) is 5.78 Å². The van der Waals surface area contributed by atoms with Gasteiger partial charge in [-0.2, -0.15) is 0 Å². The Balaban J connectivity index is 2.40. The molecule has 0 saturated heterocycles. The van der Waals surface area contributed by atoms with E-state index in [4.69, 9.17) is 0 Å². The fourth-order valence-corrected chi connectivity index (χ4v) is 1.24. The van der Waals surface area contributed by atoms with Crippen LogP contribution in [-0.2, 0) is 16.0 Å². The number of halogens is 1. The lowest BCUT2D eigenvalue weighted by Gasteiger charge is -2.06. The van der Waals surface area contributed by atoms with E-state index in [1.54, 1.807) is 26.0 Å². The van der Waals surface area contributed by atoms with Crippen molar-refractivity contribution in [3.05, 3.63) is 35.6 Å². The summed E-state index contributed by atoms with van der Waals surface area (Å²) >= 11 is 0. The SMILES string of the molecule is CC(C)C(=O)CNC(=O)Cc1ccc(F)cc1. The third kappa shape index (κ3) is 4.76. The van der Waals surface area contributed by atoms with Crippen molar-refractivity contribution in [2.45, 2.75) is 20.3 Å². The zero-order valence-corrected chi connectivity index (χ0v) is 10.00. The Bertz CT molecular complexity index is 398. The Kier molecular flexibility index (Phi) is 4.82. The van der Waals surface area contributed by atoms with Crippen LogP contribution < -0.4 is 5.32 Å². The second-order valence-electron chi connectivity index (χ2n) is 4.20. The van der Waals surface area contributed by atoms with E-state index in [9.17, 15) is 14.0 Å². The first-order valence-corrected chi connectivity index (χ1v) is 5.53. The minimum Gasteiger partial charge on any atom is -0.349 e. The summed E-state index contributed by atoms with van der Waals surface area (Å²) in [5.74, 6) is -0.645. The Hall–Kier alpha value is -1.71. The van der Waals surface area contributed by atoms with Crippen molar-refractivity contribution < 1.29 is 14.0 Å². The van der Waals surface area contributed by atoms with Gasteiger partial charge in [-0.1, -0.05) is 26.0 Å². The number of ketones is 1. The number of nitrogens with one attached hydrogen (secondary N) is 1. The molecule has 0 aliphatic rings. The maximum atomic E-state index is 12.6.